The smallest absolute Gasteiger partial charge is 0.239 e. The highest BCUT2D eigenvalue weighted by Gasteiger charge is 2.13. The Morgan fingerprint density at radius 2 is 1.94 bits per heavy atom. The molecule has 5 heteroatoms. The number of ether oxygens (including phenoxy) is 1. The fourth-order valence-electron chi connectivity index (χ4n) is 1.56. The summed E-state index contributed by atoms with van der Waals surface area (Å²) >= 11 is 0. The summed E-state index contributed by atoms with van der Waals surface area (Å²) in [4.78, 5) is 13.2. The van der Waals surface area contributed by atoms with Gasteiger partial charge in [-0.05, 0) is 31.5 Å². The highest BCUT2D eigenvalue weighted by atomic mass is 35.5. The maximum Gasteiger partial charge on any atom is 0.239 e. The third-order valence-corrected chi connectivity index (χ3v) is 2.42. The van der Waals surface area contributed by atoms with Crippen molar-refractivity contribution in [3.05, 3.63) is 29.8 Å². The average Bonchev–Trinajstić information content (AvgIpc) is 2.30. The van der Waals surface area contributed by atoms with Gasteiger partial charge in [-0.1, -0.05) is 12.1 Å². The quantitative estimate of drug-likeness (QED) is 0.889. The van der Waals surface area contributed by atoms with Crippen molar-refractivity contribution in [1.29, 1.82) is 0 Å². The Kier molecular flexibility index (Phi) is 7.39. The van der Waals surface area contributed by atoms with Crippen LogP contribution in [0.2, 0.25) is 0 Å². The Balaban J connectivity index is 0.00000289. The monoisotopic (exact) mass is 272 g/mol. The Morgan fingerprint density at radius 3 is 2.39 bits per heavy atom. The Hall–Kier alpha value is -1.26. The van der Waals surface area contributed by atoms with Gasteiger partial charge < -0.3 is 15.4 Å². The molecular weight excluding hydrogens is 252 g/mol. The van der Waals surface area contributed by atoms with Crippen molar-refractivity contribution in [3.8, 4) is 5.75 Å². The molecule has 0 bridgehead atoms. The standard InChI is InChI=1S/C13H20N2O2.ClH/c1-4-17-12-7-5-11(6-8-12)9-15(3)13(16)10(2)14;/h5-8,10H,4,9,14H2,1-3H3;1H. The van der Waals surface area contributed by atoms with E-state index >= 15 is 0 Å². The molecule has 1 aromatic carbocycles. The molecule has 1 aromatic rings. The zero-order valence-corrected chi connectivity index (χ0v) is 11.9. The molecule has 0 spiro atoms. The first-order valence-electron chi connectivity index (χ1n) is 5.77. The van der Waals surface area contributed by atoms with Crippen molar-refractivity contribution >= 4 is 18.3 Å². The van der Waals surface area contributed by atoms with Crippen molar-refractivity contribution in [2.45, 2.75) is 26.4 Å². The number of nitrogens with two attached hydrogens (primary N) is 1. The van der Waals surface area contributed by atoms with E-state index in [1.807, 2.05) is 31.2 Å². The number of hydrogen-bond acceptors (Lipinski definition) is 3. The second-order valence-corrected chi connectivity index (χ2v) is 4.06. The lowest BCUT2D eigenvalue weighted by Crippen LogP contribution is -2.39. The van der Waals surface area contributed by atoms with Crippen LogP contribution >= 0.6 is 12.4 Å². The van der Waals surface area contributed by atoms with Gasteiger partial charge in [0.2, 0.25) is 5.91 Å². The number of hydrogen-bond donors (Lipinski definition) is 1. The zero-order chi connectivity index (χ0) is 12.8. The fourth-order valence-corrected chi connectivity index (χ4v) is 1.56. The Bertz CT molecular complexity index is 366. The van der Waals surface area contributed by atoms with Gasteiger partial charge in [0, 0.05) is 13.6 Å². The van der Waals surface area contributed by atoms with E-state index in [1.165, 1.54) is 0 Å². The number of rotatable bonds is 5. The molecule has 0 heterocycles. The highest BCUT2D eigenvalue weighted by molar-refractivity contribution is 5.85. The van der Waals surface area contributed by atoms with Crippen LogP contribution in [0.4, 0.5) is 0 Å². The molecule has 2 N–H and O–H groups in total. The predicted octanol–water partition coefficient (Wildman–Crippen LogP) is 1.81. The molecule has 1 amide bonds. The van der Waals surface area contributed by atoms with E-state index in [2.05, 4.69) is 0 Å². The minimum atomic E-state index is -0.456. The minimum Gasteiger partial charge on any atom is -0.494 e. The highest BCUT2D eigenvalue weighted by Crippen LogP contribution is 2.13. The number of nitrogens with zero attached hydrogens (tertiary/aromatic N) is 1. The van der Waals surface area contributed by atoms with Crippen LogP contribution in [-0.2, 0) is 11.3 Å². The minimum absolute atomic E-state index is 0. The second kappa shape index (κ2) is 7.95. The molecule has 0 radical (unpaired) electrons. The van der Waals surface area contributed by atoms with Crippen molar-refractivity contribution in [1.82, 2.24) is 4.90 Å². The second-order valence-electron chi connectivity index (χ2n) is 4.06. The summed E-state index contributed by atoms with van der Waals surface area (Å²) < 4.78 is 5.35. The molecule has 102 valence electrons. The molecule has 0 aliphatic heterocycles. The van der Waals surface area contributed by atoms with Crippen LogP contribution in [0, 0.1) is 0 Å². The maximum absolute atomic E-state index is 11.6. The van der Waals surface area contributed by atoms with E-state index in [-0.39, 0.29) is 18.3 Å². The number of carbonyl (C=O) groups excluding carboxylic acids is 1. The summed E-state index contributed by atoms with van der Waals surface area (Å²) in [6.07, 6.45) is 0. The SMILES string of the molecule is CCOc1ccc(CN(C)C(=O)C(C)N)cc1.Cl. The molecule has 0 aromatic heterocycles. The maximum atomic E-state index is 11.6. The molecule has 0 aliphatic rings. The first-order valence-corrected chi connectivity index (χ1v) is 5.77. The average molecular weight is 273 g/mol. The van der Waals surface area contributed by atoms with Crippen LogP contribution in [-0.4, -0.2) is 30.5 Å². The van der Waals surface area contributed by atoms with Crippen molar-refractivity contribution < 1.29 is 9.53 Å². The van der Waals surface area contributed by atoms with Gasteiger partial charge in [-0.25, -0.2) is 0 Å². The van der Waals surface area contributed by atoms with Gasteiger partial charge in [-0.3, -0.25) is 4.79 Å². The summed E-state index contributed by atoms with van der Waals surface area (Å²) in [5, 5.41) is 0. The van der Waals surface area contributed by atoms with Crippen LogP contribution < -0.4 is 10.5 Å². The normalized spacial score (nSPS) is 11.3. The summed E-state index contributed by atoms with van der Waals surface area (Å²) in [5.41, 5.74) is 6.60. The van der Waals surface area contributed by atoms with Gasteiger partial charge in [0.25, 0.3) is 0 Å². The van der Waals surface area contributed by atoms with Crippen LogP contribution in [0.15, 0.2) is 24.3 Å². The van der Waals surface area contributed by atoms with Crippen molar-refractivity contribution in [2.75, 3.05) is 13.7 Å². The number of halogens is 1. The third kappa shape index (κ3) is 4.94. The molecule has 1 unspecified atom stereocenters. The molecule has 0 aliphatic carbocycles. The van der Waals surface area contributed by atoms with E-state index in [9.17, 15) is 4.79 Å². The largest absolute Gasteiger partial charge is 0.494 e. The van der Waals surface area contributed by atoms with E-state index in [4.69, 9.17) is 10.5 Å². The molecule has 1 atom stereocenters. The third-order valence-electron chi connectivity index (χ3n) is 2.42. The molecule has 0 saturated carbocycles. The molecule has 4 nitrogen and oxygen atoms in total. The van der Waals surface area contributed by atoms with Gasteiger partial charge in [-0.2, -0.15) is 0 Å². The summed E-state index contributed by atoms with van der Waals surface area (Å²) in [5.74, 6) is 0.788. The van der Waals surface area contributed by atoms with Crippen LogP contribution in [0.5, 0.6) is 5.75 Å². The number of benzene rings is 1. The molecular formula is C13H21ClN2O2. The van der Waals surface area contributed by atoms with Crippen molar-refractivity contribution in [2.24, 2.45) is 5.73 Å². The van der Waals surface area contributed by atoms with Gasteiger partial charge in [0.05, 0.1) is 12.6 Å². The number of carbonyl (C=O) groups is 1. The van der Waals surface area contributed by atoms with Gasteiger partial charge >= 0.3 is 0 Å². The summed E-state index contributed by atoms with van der Waals surface area (Å²) in [7, 11) is 1.75. The molecule has 1 rings (SSSR count). The van der Waals surface area contributed by atoms with E-state index < -0.39 is 6.04 Å². The van der Waals surface area contributed by atoms with E-state index in [0.717, 1.165) is 11.3 Å². The van der Waals surface area contributed by atoms with Crippen molar-refractivity contribution in [3.63, 3.8) is 0 Å². The van der Waals surface area contributed by atoms with Gasteiger partial charge in [0.1, 0.15) is 5.75 Å². The molecule has 0 saturated heterocycles. The zero-order valence-electron chi connectivity index (χ0n) is 11.1. The predicted molar refractivity (Wildman–Crippen MR) is 75.0 cm³/mol. The molecule has 0 fully saturated rings. The Morgan fingerprint density at radius 1 is 1.39 bits per heavy atom. The lowest BCUT2D eigenvalue weighted by molar-refractivity contribution is -0.131. The fraction of sp³-hybridized carbons (Fsp3) is 0.462. The topological polar surface area (TPSA) is 55.6 Å². The van der Waals surface area contributed by atoms with Gasteiger partial charge in [0.15, 0.2) is 0 Å². The van der Waals surface area contributed by atoms with E-state index in [0.29, 0.717) is 13.2 Å². The summed E-state index contributed by atoms with van der Waals surface area (Å²) in [6.45, 7) is 4.86. The van der Waals surface area contributed by atoms with E-state index in [1.54, 1.807) is 18.9 Å². The lowest BCUT2D eigenvalue weighted by Gasteiger charge is -2.19. The molecule has 18 heavy (non-hydrogen) atoms. The number of amides is 1. The van der Waals surface area contributed by atoms with Crippen LogP contribution in [0.3, 0.4) is 0 Å². The first-order chi connectivity index (χ1) is 8.04. The number of likely N-dealkylation sites (N-methyl/N-ethyl adjacent to an activating group) is 1. The van der Waals surface area contributed by atoms with Crippen LogP contribution in [0.25, 0.3) is 0 Å². The first kappa shape index (κ1) is 16.7. The van der Waals surface area contributed by atoms with Gasteiger partial charge in [-0.15, -0.1) is 12.4 Å². The summed E-state index contributed by atoms with van der Waals surface area (Å²) in [6, 6.07) is 7.26. The van der Waals surface area contributed by atoms with Crippen LogP contribution in [0.1, 0.15) is 19.4 Å². The lowest BCUT2D eigenvalue weighted by atomic mass is 10.2. The Labute approximate surface area is 115 Å².